The van der Waals surface area contributed by atoms with E-state index in [0.717, 1.165) is 11.1 Å². The van der Waals surface area contributed by atoms with Crippen LogP contribution in [-0.4, -0.2) is 39.5 Å². The molecule has 0 bridgehead atoms. The number of hydrogen-bond acceptors (Lipinski definition) is 6. The molecule has 0 aliphatic carbocycles. The van der Waals surface area contributed by atoms with Crippen LogP contribution in [-0.2, 0) is 19.6 Å². The van der Waals surface area contributed by atoms with Crippen LogP contribution in [0.25, 0.3) is 0 Å². The Labute approximate surface area is 204 Å². The van der Waals surface area contributed by atoms with Crippen molar-refractivity contribution in [2.45, 2.75) is 31.8 Å². The second-order valence-corrected chi connectivity index (χ2v) is 10.1. The molecule has 0 saturated carbocycles. The van der Waals surface area contributed by atoms with E-state index in [4.69, 9.17) is 9.47 Å². The van der Waals surface area contributed by atoms with E-state index in [-0.39, 0.29) is 18.0 Å². The molecule has 3 aromatic carbocycles. The smallest absolute Gasteiger partial charge is 0.338 e. The third-order valence-electron chi connectivity index (χ3n) is 5.55. The fraction of sp³-hybridized carbons (Fsp3) is 0.231. The van der Waals surface area contributed by atoms with Gasteiger partial charge in [0.2, 0.25) is 0 Å². The maximum Gasteiger partial charge on any atom is 0.338 e. The molecule has 4 rings (SSSR count). The summed E-state index contributed by atoms with van der Waals surface area (Å²) in [6, 6.07) is 18.0. The lowest BCUT2D eigenvalue weighted by Gasteiger charge is -2.35. The SMILES string of the molecule is CCOC(=O)c1ccc(NC(=O)[C@H]2CN(S(=O)(=O)c3ccc(C)cc3)c3ccc(C)cc3O2)cc1. The van der Waals surface area contributed by atoms with Crippen molar-refractivity contribution in [3.05, 3.63) is 83.4 Å². The van der Waals surface area contributed by atoms with Gasteiger partial charge in [0.25, 0.3) is 15.9 Å². The number of carbonyl (C=O) groups excluding carboxylic acids is 2. The van der Waals surface area contributed by atoms with Crippen LogP contribution in [0.2, 0.25) is 0 Å². The van der Waals surface area contributed by atoms with Crippen molar-refractivity contribution in [3.8, 4) is 5.75 Å². The number of sulfonamides is 1. The Balaban J connectivity index is 1.60. The summed E-state index contributed by atoms with van der Waals surface area (Å²) in [5.41, 5.74) is 2.98. The maximum atomic E-state index is 13.5. The van der Waals surface area contributed by atoms with E-state index >= 15 is 0 Å². The molecule has 1 heterocycles. The molecule has 0 unspecified atom stereocenters. The molecule has 0 saturated heterocycles. The van der Waals surface area contributed by atoms with E-state index in [1.165, 1.54) is 4.31 Å². The number of aryl methyl sites for hydroxylation is 2. The third kappa shape index (κ3) is 5.14. The number of rotatable bonds is 6. The summed E-state index contributed by atoms with van der Waals surface area (Å²) in [6.07, 6.45) is -1.09. The van der Waals surface area contributed by atoms with E-state index < -0.39 is 28.0 Å². The lowest BCUT2D eigenvalue weighted by atomic mass is 10.1. The molecule has 3 aromatic rings. The second kappa shape index (κ2) is 9.79. The molecular weight excluding hydrogens is 468 g/mol. The number of fused-ring (bicyclic) bond motifs is 1. The summed E-state index contributed by atoms with van der Waals surface area (Å²) in [7, 11) is -3.94. The van der Waals surface area contributed by atoms with Crippen molar-refractivity contribution < 1.29 is 27.5 Å². The van der Waals surface area contributed by atoms with Crippen LogP contribution in [0.5, 0.6) is 5.75 Å². The molecule has 1 amide bonds. The lowest BCUT2D eigenvalue weighted by Crippen LogP contribution is -2.48. The molecule has 1 aliphatic heterocycles. The van der Waals surface area contributed by atoms with Crippen LogP contribution in [0, 0.1) is 13.8 Å². The minimum Gasteiger partial charge on any atom is -0.476 e. The molecule has 1 aliphatic rings. The van der Waals surface area contributed by atoms with Crippen LogP contribution in [0.3, 0.4) is 0 Å². The zero-order chi connectivity index (χ0) is 25.2. The van der Waals surface area contributed by atoms with E-state index in [1.54, 1.807) is 73.7 Å². The largest absolute Gasteiger partial charge is 0.476 e. The molecule has 0 fully saturated rings. The van der Waals surface area contributed by atoms with Crippen LogP contribution in [0.4, 0.5) is 11.4 Å². The fourth-order valence-corrected chi connectivity index (χ4v) is 5.17. The molecule has 0 aromatic heterocycles. The maximum absolute atomic E-state index is 13.5. The Hall–Kier alpha value is -3.85. The summed E-state index contributed by atoms with van der Waals surface area (Å²) in [4.78, 5) is 25.1. The topological polar surface area (TPSA) is 102 Å². The molecule has 35 heavy (non-hydrogen) atoms. The Morgan fingerprint density at radius 3 is 2.31 bits per heavy atom. The van der Waals surface area contributed by atoms with Gasteiger partial charge in [-0.05, 0) is 74.9 Å². The quantitative estimate of drug-likeness (QED) is 0.518. The van der Waals surface area contributed by atoms with Crippen molar-refractivity contribution in [1.82, 2.24) is 0 Å². The average molecular weight is 495 g/mol. The molecule has 0 radical (unpaired) electrons. The van der Waals surface area contributed by atoms with Gasteiger partial charge in [0.1, 0.15) is 5.75 Å². The fourth-order valence-electron chi connectivity index (χ4n) is 3.69. The zero-order valence-electron chi connectivity index (χ0n) is 19.6. The first-order valence-electron chi connectivity index (χ1n) is 11.1. The average Bonchev–Trinajstić information content (AvgIpc) is 2.84. The number of amides is 1. The van der Waals surface area contributed by atoms with Crippen molar-refractivity contribution in [3.63, 3.8) is 0 Å². The van der Waals surface area contributed by atoms with Gasteiger partial charge in [-0.1, -0.05) is 23.8 Å². The number of ether oxygens (including phenoxy) is 2. The number of nitrogens with one attached hydrogen (secondary N) is 1. The van der Waals surface area contributed by atoms with Gasteiger partial charge in [-0.25, -0.2) is 13.2 Å². The lowest BCUT2D eigenvalue weighted by molar-refractivity contribution is -0.122. The monoisotopic (exact) mass is 494 g/mol. The number of esters is 1. The van der Waals surface area contributed by atoms with Crippen LogP contribution >= 0.6 is 0 Å². The van der Waals surface area contributed by atoms with E-state index in [2.05, 4.69) is 5.32 Å². The summed E-state index contributed by atoms with van der Waals surface area (Å²) in [6.45, 7) is 5.52. The Morgan fingerprint density at radius 1 is 1.00 bits per heavy atom. The van der Waals surface area contributed by atoms with Gasteiger partial charge in [0.05, 0.1) is 29.3 Å². The molecule has 0 spiro atoms. The highest BCUT2D eigenvalue weighted by atomic mass is 32.2. The normalized spacial score (nSPS) is 15.1. The van der Waals surface area contributed by atoms with Crippen molar-refractivity contribution in [2.75, 3.05) is 22.8 Å². The van der Waals surface area contributed by atoms with Crippen molar-refractivity contribution >= 4 is 33.3 Å². The van der Waals surface area contributed by atoms with Gasteiger partial charge < -0.3 is 14.8 Å². The van der Waals surface area contributed by atoms with Gasteiger partial charge in [0.15, 0.2) is 6.10 Å². The zero-order valence-corrected chi connectivity index (χ0v) is 20.5. The highest BCUT2D eigenvalue weighted by Crippen LogP contribution is 2.38. The summed E-state index contributed by atoms with van der Waals surface area (Å²) in [5, 5.41) is 2.74. The van der Waals surface area contributed by atoms with E-state index in [9.17, 15) is 18.0 Å². The van der Waals surface area contributed by atoms with Crippen LogP contribution in [0.15, 0.2) is 71.6 Å². The highest BCUT2D eigenvalue weighted by molar-refractivity contribution is 7.92. The number of benzene rings is 3. The Bertz CT molecular complexity index is 1350. The highest BCUT2D eigenvalue weighted by Gasteiger charge is 2.37. The Morgan fingerprint density at radius 2 is 1.66 bits per heavy atom. The molecule has 9 heteroatoms. The van der Waals surface area contributed by atoms with Crippen molar-refractivity contribution in [2.24, 2.45) is 0 Å². The standard InChI is InChI=1S/C26H26N2O6S/c1-4-33-26(30)19-8-10-20(11-9-19)27-25(29)24-16-28(22-14-7-18(3)15-23(22)34-24)35(31,32)21-12-5-17(2)6-13-21/h5-15,24H,4,16H2,1-3H3,(H,27,29)/t24-/m1/s1. The first-order chi connectivity index (χ1) is 16.7. The van der Waals surface area contributed by atoms with Gasteiger partial charge in [-0.15, -0.1) is 0 Å². The number of carbonyl (C=O) groups is 2. The third-order valence-corrected chi connectivity index (χ3v) is 7.34. The first kappa shape index (κ1) is 24.3. The predicted molar refractivity (Wildman–Crippen MR) is 132 cm³/mol. The van der Waals surface area contributed by atoms with Gasteiger partial charge >= 0.3 is 5.97 Å². The van der Waals surface area contributed by atoms with Gasteiger partial charge in [0, 0.05) is 5.69 Å². The molecule has 1 N–H and O–H groups in total. The predicted octanol–water partition coefficient (Wildman–Crippen LogP) is 4.08. The Kier molecular flexibility index (Phi) is 6.79. The van der Waals surface area contributed by atoms with Gasteiger partial charge in [-0.2, -0.15) is 0 Å². The van der Waals surface area contributed by atoms with E-state index in [0.29, 0.717) is 22.7 Å². The first-order valence-corrected chi connectivity index (χ1v) is 12.6. The summed E-state index contributed by atoms with van der Waals surface area (Å²) < 4.78 is 39.2. The van der Waals surface area contributed by atoms with Crippen LogP contribution < -0.4 is 14.4 Å². The molecule has 8 nitrogen and oxygen atoms in total. The minimum absolute atomic E-state index is 0.130. The number of hydrogen-bond donors (Lipinski definition) is 1. The summed E-state index contributed by atoms with van der Waals surface area (Å²) in [5.74, 6) is -0.653. The van der Waals surface area contributed by atoms with Gasteiger partial charge in [-0.3, -0.25) is 9.10 Å². The molecule has 1 atom stereocenters. The second-order valence-electron chi connectivity index (χ2n) is 8.21. The minimum atomic E-state index is -3.94. The van der Waals surface area contributed by atoms with Crippen LogP contribution in [0.1, 0.15) is 28.4 Å². The molecule has 182 valence electrons. The summed E-state index contributed by atoms with van der Waals surface area (Å²) >= 11 is 0. The van der Waals surface area contributed by atoms with Crippen molar-refractivity contribution in [1.29, 1.82) is 0 Å². The number of anilines is 2. The van der Waals surface area contributed by atoms with E-state index in [1.807, 2.05) is 13.8 Å². The number of nitrogens with zero attached hydrogens (tertiary/aromatic N) is 1. The molecular formula is C26H26N2O6S.